The summed E-state index contributed by atoms with van der Waals surface area (Å²) < 4.78 is 2.04. The lowest BCUT2D eigenvalue weighted by atomic mass is 9.85. The summed E-state index contributed by atoms with van der Waals surface area (Å²) in [5.41, 5.74) is 0.264. The molecular formula is C14H28N4. The zero-order valence-electron chi connectivity index (χ0n) is 12.5. The second kappa shape index (κ2) is 6.88. The molecule has 0 aliphatic heterocycles. The van der Waals surface area contributed by atoms with Crippen molar-refractivity contribution in [3.05, 3.63) is 12.2 Å². The second-order valence-electron chi connectivity index (χ2n) is 6.10. The zero-order valence-corrected chi connectivity index (χ0v) is 12.5. The van der Waals surface area contributed by atoms with Gasteiger partial charge in [0, 0.05) is 19.0 Å². The molecule has 1 N–H and O–H groups in total. The molecule has 4 nitrogen and oxygen atoms in total. The first-order valence-corrected chi connectivity index (χ1v) is 7.04. The first-order chi connectivity index (χ1) is 8.44. The van der Waals surface area contributed by atoms with Gasteiger partial charge >= 0.3 is 0 Å². The van der Waals surface area contributed by atoms with Crippen LogP contribution in [-0.2, 0) is 13.0 Å². The van der Waals surface area contributed by atoms with Crippen LogP contribution in [0, 0.1) is 5.41 Å². The molecule has 1 heterocycles. The Balaban J connectivity index is 2.50. The molecule has 0 atom stereocenters. The summed E-state index contributed by atoms with van der Waals surface area (Å²) in [7, 11) is 0. The van der Waals surface area contributed by atoms with Crippen molar-refractivity contribution in [2.45, 2.75) is 66.5 Å². The fraction of sp³-hybridized carbons (Fsp3) is 0.857. The van der Waals surface area contributed by atoms with E-state index in [0.29, 0.717) is 6.04 Å². The van der Waals surface area contributed by atoms with Crippen LogP contribution in [0.25, 0.3) is 0 Å². The molecule has 0 radical (unpaired) electrons. The van der Waals surface area contributed by atoms with Crippen molar-refractivity contribution in [2.24, 2.45) is 5.41 Å². The topological polar surface area (TPSA) is 42.7 Å². The Kier molecular flexibility index (Phi) is 5.79. The van der Waals surface area contributed by atoms with Crippen molar-refractivity contribution in [1.29, 1.82) is 0 Å². The van der Waals surface area contributed by atoms with Gasteiger partial charge in [-0.05, 0) is 24.8 Å². The summed E-state index contributed by atoms with van der Waals surface area (Å²) >= 11 is 0. The second-order valence-corrected chi connectivity index (χ2v) is 6.10. The number of nitrogens with one attached hydrogen (secondary N) is 1. The quantitative estimate of drug-likeness (QED) is 0.773. The molecule has 0 aliphatic rings. The van der Waals surface area contributed by atoms with Crippen LogP contribution < -0.4 is 5.32 Å². The maximum absolute atomic E-state index is 4.39. The lowest BCUT2D eigenvalue weighted by Crippen LogP contribution is -2.29. The molecule has 0 aromatic carbocycles. The van der Waals surface area contributed by atoms with Crippen LogP contribution in [0.1, 0.15) is 53.3 Å². The van der Waals surface area contributed by atoms with Crippen molar-refractivity contribution in [2.75, 3.05) is 6.54 Å². The van der Waals surface area contributed by atoms with E-state index in [0.717, 1.165) is 38.2 Å². The van der Waals surface area contributed by atoms with Gasteiger partial charge in [-0.15, -0.1) is 0 Å². The Morgan fingerprint density at radius 3 is 2.72 bits per heavy atom. The first kappa shape index (κ1) is 15.2. The van der Waals surface area contributed by atoms with Crippen molar-refractivity contribution in [3.8, 4) is 0 Å². The summed E-state index contributed by atoms with van der Waals surface area (Å²) in [4.78, 5) is 4.39. The van der Waals surface area contributed by atoms with E-state index in [-0.39, 0.29) is 5.41 Å². The van der Waals surface area contributed by atoms with E-state index in [1.54, 1.807) is 6.33 Å². The first-order valence-electron chi connectivity index (χ1n) is 7.04. The van der Waals surface area contributed by atoms with Crippen LogP contribution in [0.15, 0.2) is 6.33 Å². The van der Waals surface area contributed by atoms with Crippen LogP contribution in [0.4, 0.5) is 0 Å². The highest BCUT2D eigenvalue weighted by Crippen LogP contribution is 2.24. The molecule has 0 bridgehead atoms. The summed E-state index contributed by atoms with van der Waals surface area (Å²) in [5, 5.41) is 7.77. The molecule has 104 valence electrons. The number of rotatable bonds is 8. The van der Waals surface area contributed by atoms with E-state index in [4.69, 9.17) is 0 Å². The highest BCUT2D eigenvalue weighted by atomic mass is 15.3. The molecule has 18 heavy (non-hydrogen) atoms. The van der Waals surface area contributed by atoms with E-state index < -0.39 is 0 Å². The molecule has 1 rings (SSSR count). The third-order valence-electron chi connectivity index (χ3n) is 3.12. The van der Waals surface area contributed by atoms with Crippen LogP contribution in [0.5, 0.6) is 0 Å². The summed E-state index contributed by atoms with van der Waals surface area (Å²) in [6.45, 7) is 13.2. The van der Waals surface area contributed by atoms with E-state index in [9.17, 15) is 0 Å². The van der Waals surface area contributed by atoms with Gasteiger partial charge in [-0.1, -0.05) is 34.6 Å². The van der Waals surface area contributed by atoms with E-state index in [1.807, 2.05) is 4.68 Å². The van der Waals surface area contributed by atoms with Gasteiger partial charge in [0.2, 0.25) is 0 Å². The molecule has 0 spiro atoms. The SMILES string of the molecule is CCCn1ncnc1CC(C)(C)CCNC(C)C. The minimum absolute atomic E-state index is 0.264. The third-order valence-corrected chi connectivity index (χ3v) is 3.12. The number of aromatic nitrogens is 3. The summed E-state index contributed by atoms with van der Waals surface area (Å²) in [5.74, 6) is 1.12. The van der Waals surface area contributed by atoms with Crippen molar-refractivity contribution >= 4 is 0 Å². The lowest BCUT2D eigenvalue weighted by molar-refractivity contribution is 0.307. The van der Waals surface area contributed by atoms with Gasteiger partial charge in [-0.25, -0.2) is 4.98 Å². The molecule has 0 aliphatic carbocycles. The Hall–Kier alpha value is -0.900. The van der Waals surface area contributed by atoms with Gasteiger partial charge in [0.1, 0.15) is 12.2 Å². The normalized spacial score (nSPS) is 12.3. The minimum atomic E-state index is 0.264. The fourth-order valence-electron chi connectivity index (χ4n) is 2.04. The number of hydrogen-bond donors (Lipinski definition) is 1. The molecule has 1 aromatic rings. The minimum Gasteiger partial charge on any atom is -0.315 e. The van der Waals surface area contributed by atoms with Crippen molar-refractivity contribution < 1.29 is 0 Å². The van der Waals surface area contributed by atoms with Gasteiger partial charge in [-0.2, -0.15) is 5.10 Å². The van der Waals surface area contributed by atoms with Crippen LogP contribution >= 0.6 is 0 Å². The maximum atomic E-state index is 4.39. The average Bonchev–Trinajstić information content (AvgIpc) is 2.64. The van der Waals surface area contributed by atoms with E-state index in [1.165, 1.54) is 0 Å². The predicted molar refractivity (Wildman–Crippen MR) is 75.6 cm³/mol. The van der Waals surface area contributed by atoms with Gasteiger partial charge in [0.15, 0.2) is 0 Å². The van der Waals surface area contributed by atoms with E-state index >= 15 is 0 Å². The number of nitrogens with zero attached hydrogens (tertiary/aromatic N) is 3. The molecule has 0 saturated heterocycles. The Bertz CT molecular complexity index is 341. The van der Waals surface area contributed by atoms with Crippen molar-refractivity contribution in [3.63, 3.8) is 0 Å². The standard InChI is InChI=1S/C14H28N4/c1-6-9-18-13(16-11-17-18)10-14(4,5)7-8-15-12(2)3/h11-12,15H,6-10H2,1-5H3. The molecule has 1 aromatic heterocycles. The largest absolute Gasteiger partial charge is 0.315 e. The Morgan fingerprint density at radius 1 is 1.39 bits per heavy atom. The zero-order chi connectivity index (χ0) is 13.6. The molecular weight excluding hydrogens is 224 g/mol. The third kappa shape index (κ3) is 5.17. The van der Waals surface area contributed by atoms with Gasteiger partial charge < -0.3 is 5.32 Å². The predicted octanol–water partition coefficient (Wildman–Crippen LogP) is 2.64. The Labute approximate surface area is 111 Å². The smallest absolute Gasteiger partial charge is 0.138 e. The molecule has 0 unspecified atom stereocenters. The van der Waals surface area contributed by atoms with Gasteiger partial charge in [0.25, 0.3) is 0 Å². The number of hydrogen-bond acceptors (Lipinski definition) is 3. The highest BCUT2D eigenvalue weighted by molar-refractivity contribution is 4.91. The van der Waals surface area contributed by atoms with Gasteiger partial charge in [0.05, 0.1) is 0 Å². The van der Waals surface area contributed by atoms with Crippen LogP contribution in [0.2, 0.25) is 0 Å². The highest BCUT2D eigenvalue weighted by Gasteiger charge is 2.21. The Morgan fingerprint density at radius 2 is 2.11 bits per heavy atom. The molecule has 0 fully saturated rings. The fourth-order valence-corrected chi connectivity index (χ4v) is 2.04. The molecule has 0 saturated carbocycles. The summed E-state index contributed by atoms with van der Waals surface area (Å²) in [6.07, 6.45) is 4.93. The van der Waals surface area contributed by atoms with E-state index in [2.05, 4.69) is 50.0 Å². The lowest BCUT2D eigenvalue weighted by Gasteiger charge is -2.25. The van der Waals surface area contributed by atoms with Crippen LogP contribution in [0.3, 0.4) is 0 Å². The van der Waals surface area contributed by atoms with Crippen LogP contribution in [-0.4, -0.2) is 27.4 Å². The maximum Gasteiger partial charge on any atom is 0.138 e. The summed E-state index contributed by atoms with van der Waals surface area (Å²) in [6, 6.07) is 0.560. The average molecular weight is 252 g/mol. The van der Waals surface area contributed by atoms with Gasteiger partial charge in [-0.3, -0.25) is 4.68 Å². The monoisotopic (exact) mass is 252 g/mol. The molecule has 4 heteroatoms. The molecule has 0 amide bonds. The number of aryl methyl sites for hydroxylation is 1. The van der Waals surface area contributed by atoms with Crippen molar-refractivity contribution in [1.82, 2.24) is 20.1 Å².